The van der Waals surface area contributed by atoms with Gasteiger partial charge in [-0.2, -0.15) is 4.39 Å². The van der Waals surface area contributed by atoms with Crippen LogP contribution in [0.2, 0.25) is 0 Å². The number of hydrogen-bond donors (Lipinski definition) is 0. The molecule has 1 fully saturated rings. The first-order valence-electron chi connectivity index (χ1n) is 10.1. The van der Waals surface area contributed by atoms with Crippen molar-refractivity contribution in [2.45, 2.75) is 51.6 Å². The Kier molecular flexibility index (Phi) is 7.21. The summed E-state index contributed by atoms with van der Waals surface area (Å²) in [4.78, 5) is 0. The topological polar surface area (TPSA) is 18.5 Å². The first kappa shape index (κ1) is 20.5. The van der Waals surface area contributed by atoms with Crippen LogP contribution in [0.25, 0.3) is 0 Å². The van der Waals surface area contributed by atoms with Crippen LogP contribution in [0.4, 0.5) is 8.78 Å². The fourth-order valence-corrected chi connectivity index (χ4v) is 3.70. The molecule has 2 aromatic carbocycles. The first-order chi connectivity index (χ1) is 13.6. The molecule has 0 aliphatic carbocycles. The zero-order valence-electron chi connectivity index (χ0n) is 16.6. The SMILES string of the molecule is CC=CCCc1ccc(C2CCC(c3ccc(OCC)c(F)c3F)CO2)cc1. The largest absolute Gasteiger partial charge is 0.491 e. The van der Waals surface area contributed by atoms with E-state index in [1.165, 1.54) is 11.6 Å². The number of halogens is 2. The molecule has 2 aromatic rings. The Morgan fingerprint density at radius 2 is 1.86 bits per heavy atom. The number of ether oxygens (including phenoxy) is 2. The summed E-state index contributed by atoms with van der Waals surface area (Å²) in [6.45, 7) is 4.47. The Balaban J connectivity index is 1.61. The van der Waals surface area contributed by atoms with Crippen molar-refractivity contribution in [3.05, 3.63) is 76.9 Å². The van der Waals surface area contributed by atoms with Gasteiger partial charge in [0.15, 0.2) is 11.6 Å². The first-order valence-corrected chi connectivity index (χ1v) is 10.1. The molecule has 0 amide bonds. The minimum atomic E-state index is -0.907. The fourth-order valence-electron chi connectivity index (χ4n) is 3.70. The van der Waals surface area contributed by atoms with Gasteiger partial charge in [-0.05, 0) is 62.3 Å². The van der Waals surface area contributed by atoms with E-state index in [9.17, 15) is 8.78 Å². The molecule has 0 radical (unpaired) electrons. The van der Waals surface area contributed by atoms with Crippen molar-refractivity contribution in [1.82, 2.24) is 0 Å². The minimum absolute atomic E-state index is 0.0106. The molecule has 4 heteroatoms. The highest BCUT2D eigenvalue weighted by Crippen LogP contribution is 2.37. The molecule has 3 rings (SSSR count). The molecule has 0 spiro atoms. The van der Waals surface area contributed by atoms with Gasteiger partial charge in [-0.15, -0.1) is 0 Å². The second-order valence-electron chi connectivity index (χ2n) is 7.16. The molecular weight excluding hydrogens is 358 g/mol. The van der Waals surface area contributed by atoms with Gasteiger partial charge < -0.3 is 9.47 Å². The van der Waals surface area contributed by atoms with Gasteiger partial charge in [0.25, 0.3) is 0 Å². The van der Waals surface area contributed by atoms with Crippen LogP contribution in [-0.2, 0) is 11.2 Å². The van der Waals surface area contributed by atoms with E-state index in [4.69, 9.17) is 9.47 Å². The molecule has 1 saturated heterocycles. The second-order valence-corrected chi connectivity index (χ2v) is 7.16. The Morgan fingerprint density at radius 1 is 1.07 bits per heavy atom. The highest BCUT2D eigenvalue weighted by molar-refractivity contribution is 5.33. The number of hydrogen-bond acceptors (Lipinski definition) is 2. The highest BCUT2D eigenvalue weighted by Gasteiger charge is 2.27. The Bertz CT molecular complexity index is 791. The molecule has 0 N–H and O–H groups in total. The molecule has 150 valence electrons. The summed E-state index contributed by atoms with van der Waals surface area (Å²) in [6, 6.07) is 11.7. The molecule has 28 heavy (non-hydrogen) atoms. The zero-order valence-corrected chi connectivity index (χ0v) is 16.6. The van der Waals surface area contributed by atoms with Gasteiger partial charge in [0, 0.05) is 5.92 Å². The van der Waals surface area contributed by atoms with Crippen LogP contribution in [0.1, 0.15) is 61.8 Å². The van der Waals surface area contributed by atoms with Gasteiger partial charge in [-0.1, -0.05) is 42.5 Å². The lowest BCUT2D eigenvalue weighted by Crippen LogP contribution is -2.20. The summed E-state index contributed by atoms with van der Waals surface area (Å²) in [6.07, 6.45) is 7.87. The van der Waals surface area contributed by atoms with Crippen molar-refractivity contribution in [2.24, 2.45) is 0 Å². The quantitative estimate of drug-likeness (QED) is 0.505. The third kappa shape index (κ3) is 4.79. The molecule has 1 heterocycles. The van der Waals surface area contributed by atoms with Gasteiger partial charge in [-0.3, -0.25) is 0 Å². The van der Waals surface area contributed by atoms with Crippen molar-refractivity contribution in [3.8, 4) is 5.75 Å². The minimum Gasteiger partial charge on any atom is -0.491 e. The predicted molar refractivity (Wildman–Crippen MR) is 108 cm³/mol. The molecule has 1 aliphatic rings. The van der Waals surface area contributed by atoms with Crippen molar-refractivity contribution in [3.63, 3.8) is 0 Å². The van der Waals surface area contributed by atoms with Crippen molar-refractivity contribution in [1.29, 1.82) is 0 Å². The molecule has 0 aromatic heterocycles. The van der Waals surface area contributed by atoms with E-state index in [1.807, 2.05) is 6.92 Å². The molecule has 2 nitrogen and oxygen atoms in total. The van der Waals surface area contributed by atoms with Crippen LogP contribution >= 0.6 is 0 Å². The van der Waals surface area contributed by atoms with Crippen LogP contribution < -0.4 is 4.74 Å². The van der Waals surface area contributed by atoms with E-state index < -0.39 is 11.6 Å². The van der Waals surface area contributed by atoms with E-state index in [1.54, 1.807) is 13.0 Å². The van der Waals surface area contributed by atoms with Gasteiger partial charge in [-0.25, -0.2) is 4.39 Å². The smallest absolute Gasteiger partial charge is 0.200 e. The average Bonchev–Trinajstić information content (AvgIpc) is 2.73. The lowest BCUT2D eigenvalue weighted by atomic mass is 9.89. The van der Waals surface area contributed by atoms with E-state index in [-0.39, 0.29) is 17.8 Å². The van der Waals surface area contributed by atoms with Crippen molar-refractivity contribution >= 4 is 0 Å². The molecule has 1 aliphatic heterocycles. The highest BCUT2D eigenvalue weighted by atomic mass is 19.2. The van der Waals surface area contributed by atoms with E-state index in [2.05, 4.69) is 36.4 Å². The normalized spacial score (nSPS) is 19.9. The van der Waals surface area contributed by atoms with Crippen molar-refractivity contribution < 1.29 is 18.3 Å². The molecule has 0 saturated carbocycles. The summed E-state index contributed by atoms with van der Waals surface area (Å²) in [5.74, 6) is -1.90. The molecular formula is C24H28F2O2. The molecule has 2 unspecified atom stereocenters. The summed E-state index contributed by atoms with van der Waals surface area (Å²) in [5, 5.41) is 0. The maximum Gasteiger partial charge on any atom is 0.200 e. The Labute approximate surface area is 166 Å². The van der Waals surface area contributed by atoms with Gasteiger partial charge in [0.2, 0.25) is 5.82 Å². The summed E-state index contributed by atoms with van der Waals surface area (Å²) >= 11 is 0. The third-order valence-electron chi connectivity index (χ3n) is 5.28. The zero-order chi connectivity index (χ0) is 19.9. The predicted octanol–water partition coefficient (Wildman–Crippen LogP) is 6.51. The van der Waals surface area contributed by atoms with Gasteiger partial charge in [0.1, 0.15) is 0 Å². The monoisotopic (exact) mass is 386 g/mol. The van der Waals surface area contributed by atoms with Crippen LogP contribution in [0, 0.1) is 11.6 Å². The summed E-state index contributed by atoms with van der Waals surface area (Å²) < 4.78 is 39.7. The van der Waals surface area contributed by atoms with Crippen LogP contribution in [0.3, 0.4) is 0 Å². The fraction of sp³-hybridized carbons (Fsp3) is 0.417. The van der Waals surface area contributed by atoms with Crippen LogP contribution in [0.15, 0.2) is 48.6 Å². The summed E-state index contributed by atoms with van der Waals surface area (Å²) in [5.41, 5.74) is 2.83. The lowest BCUT2D eigenvalue weighted by Gasteiger charge is -2.30. The van der Waals surface area contributed by atoms with Crippen LogP contribution in [-0.4, -0.2) is 13.2 Å². The number of rotatable bonds is 7. The third-order valence-corrected chi connectivity index (χ3v) is 5.28. The second kappa shape index (κ2) is 9.83. The molecule has 2 atom stereocenters. The van der Waals surface area contributed by atoms with Crippen LogP contribution in [0.5, 0.6) is 5.75 Å². The van der Waals surface area contributed by atoms with Crippen molar-refractivity contribution in [2.75, 3.05) is 13.2 Å². The number of benzene rings is 2. The van der Waals surface area contributed by atoms with Gasteiger partial charge >= 0.3 is 0 Å². The summed E-state index contributed by atoms with van der Waals surface area (Å²) in [7, 11) is 0. The Morgan fingerprint density at radius 3 is 2.50 bits per heavy atom. The average molecular weight is 386 g/mol. The maximum absolute atomic E-state index is 14.4. The van der Waals surface area contributed by atoms with E-state index in [0.717, 1.165) is 31.2 Å². The van der Waals surface area contributed by atoms with E-state index in [0.29, 0.717) is 18.8 Å². The number of allylic oxidation sites excluding steroid dienone is 2. The lowest BCUT2D eigenvalue weighted by molar-refractivity contribution is 0.00160. The standard InChI is InChI=1S/C24H28F2O2/c1-3-5-6-7-17-8-10-18(11-9-17)21-14-12-19(16-28-21)20-13-15-22(27-4-2)24(26)23(20)25/h3,5,8-11,13,15,19,21H,4,6-7,12,14,16H2,1-2H3. The number of aryl methyl sites for hydroxylation is 1. The maximum atomic E-state index is 14.4. The van der Waals surface area contributed by atoms with E-state index >= 15 is 0 Å². The molecule has 0 bridgehead atoms. The van der Waals surface area contributed by atoms with Gasteiger partial charge in [0.05, 0.1) is 19.3 Å². The Hall–Kier alpha value is -2.20.